The number of carbonyl (C=O) groups excluding carboxylic acids is 1. The molecule has 0 radical (unpaired) electrons. The number of rotatable bonds is 5. The Balaban J connectivity index is 1.33. The van der Waals surface area contributed by atoms with Gasteiger partial charge in [0, 0.05) is 44.3 Å². The van der Waals surface area contributed by atoms with E-state index in [9.17, 15) is 4.79 Å². The molecule has 1 aliphatic rings. The highest BCUT2D eigenvalue weighted by Crippen LogP contribution is 2.23. The molecule has 1 saturated heterocycles. The maximum atomic E-state index is 12.2. The number of aromatic nitrogens is 2. The van der Waals surface area contributed by atoms with Gasteiger partial charge in [0.1, 0.15) is 11.6 Å². The van der Waals surface area contributed by atoms with Crippen LogP contribution in [0.4, 0.5) is 17.2 Å². The number of anilines is 3. The van der Waals surface area contributed by atoms with Crippen LogP contribution in [0.25, 0.3) is 0 Å². The second-order valence-electron chi connectivity index (χ2n) is 6.77. The Bertz CT molecular complexity index is 937. The molecule has 1 amide bonds. The molecular weight excluding hydrogens is 366 g/mol. The van der Waals surface area contributed by atoms with Crippen LogP contribution in [0, 0.1) is 0 Å². The molecule has 2 aromatic heterocycles. The molecule has 29 heavy (non-hydrogen) atoms. The fraction of sp³-hybridized carbons (Fsp3) is 0.227. The fourth-order valence-electron chi connectivity index (χ4n) is 3.35. The SMILES string of the molecule is COc1ccc(N2CCN(c3ccc(NC(=O)c4cccnc4)nc3)CC2)cc1. The van der Waals surface area contributed by atoms with Crippen LogP contribution in [0.15, 0.2) is 67.1 Å². The smallest absolute Gasteiger partial charge is 0.258 e. The van der Waals surface area contributed by atoms with Crippen molar-refractivity contribution in [1.82, 2.24) is 9.97 Å². The molecule has 0 unspecified atom stereocenters. The van der Waals surface area contributed by atoms with E-state index in [0.29, 0.717) is 11.4 Å². The zero-order valence-corrected chi connectivity index (χ0v) is 16.3. The molecule has 3 aromatic rings. The molecular formula is C22H23N5O2. The molecule has 3 heterocycles. The van der Waals surface area contributed by atoms with E-state index in [0.717, 1.165) is 37.6 Å². The Morgan fingerprint density at radius 1 is 0.931 bits per heavy atom. The van der Waals surface area contributed by atoms with Gasteiger partial charge in [-0.15, -0.1) is 0 Å². The molecule has 1 aliphatic heterocycles. The summed E-state index contributed by atoms with van der Waals surface area (Å²) in [5, 5.41) is 2.80. The van der Waals surface area contributed by atoms with Gasteiger partial charge >= 0.3 is 0 Å². The third kappa shape index (κ3) is 4.45. The van der Waals surface area contributed by atoms with Crippen molar-refractivity contribution in [3.8, 4) is 5.75 Å². The largest absolute Gasteiger partial charge is 0.497 e. The molecule has 7 heteroatoms. The first kappa shape index (κ1) is 18.7. The molecule has 148 valence electrons. The van der Waals surface area contributed by atoms with Crippen LogP contribution < -0.4 is 19.9 Å². The highest BCUT2D eigenvalue weighted by Gasteiger charge is 2.18. The van der Waals surface area contributed by atoms with Crippen LogP contribution in [0.2, 0.25) is 0 Å². The third-order valence-corrected chi connectivity index (χ3v) is 5.00. The third-order valence-electron chi connectivity index (χ3n) is 5.00. The van der Waals surface area contributed by atoms with Gasteiger partial charge in [0.2, 0.25) is 0 Å². The normalized spacial score (nSPS) is 13.8. The topological polar surface area (TPSA) is 70.6 Å². The van der Waals surface area contributed by atoms with Crippen LogP contribution in [-0.2, 0) is 0 Å². The summed E-state index contributed by atoms with van der Waals surface area (Å²) in [5.74, 6) is 1.18. The van der Waals surface area contributed by atoms with Crippen molar-refractivity contribution in [2.75, 3.05) is 48.4 Å². The minimum atomic E-state index is -0.216. The van der Waals surface area contributed by atoms with E-state index in [1.165, 1.54) is 11.9 Å². The first-order valence-corrected chi connectivity index (χ1v) is 9.54. The van der Waals surface area contributed by atoms with Gasteiger partial charge in [-0.1, -0.05) is 0 Å². The lowest BCUT2D eigenvalue weighted by Gasteiger charge is -2.37. The van der Waals surface area contributed by atoms with Crippen molar-refractivity contribution < 1.29 is 9.53 Å². The van der Waals surface area contributed by atoms with Crippen LogP contribution in [0.3, 0.4) is 0 Å². The Morgan fingerprint density at radius 2 is 1.62 bits per heavy atom. The number of amides is 1. The number of carbonyl (C=O) groups is 1. The summed E-state index contributed by atoms with van der Waals surface area (Å²) >= 11 is 0. The molecule has 0 aliphatic carbocycles. The maximum Gasteiger partial charge on any atom is 0.258 e. The monoisotopic (exact) mass is 389 g/mol. The highest BCUT2D eigenvalue weighted by atomic mass is 16.5. The van der Waals surface area contributed by atoms with Gasteiger partial charge in [0.15, 0.2) is 0 Å². The van der Waals surface area contributed by atoms with Crippen LogP contribution >= 0.6 is 0 Å². The van der Waals surface area contributed by atoms with E-state index in [1.54, 1.807) is 25.4 Å². The number of pyridine rings is 2. The molecule has 0 spiro atoms. The Morgan fingerprint density at radius 3 is 2.21 bits per heavy atom. The summed E-state index contributed by atoms with van der Waals surface area (Å²) < 4.78 is 5.23. The quantitative estimate of drug-likeness (QED) is 0.723. The zero-order valence-electron chi connectivity index (χ0n) is 16.3. The standard InChI is InChI=1S/C22H23N5O2/c1-29-20-7-4-18(5-8-20)26-11-13-27(14-12-26)19-6-9-21(24-16-19)25-22(28)17-3-2-10-23-15-17/h2-10,15-16H,11-14H2,1H3,(H,24,25,28). The number of nitrogens with one attached hydrogen (secondary N) is 1. The van der Waals surface area contributed by atoms with Gasteiger partial charge in [-0.05, 0) is 48.5 Å². The summed E-state index contributed by atoms with van der Waals surface area (Å²) in [4.78, 5) is 25.2. The minimum absolute atomic E-state index is 0.216. The second kappa shape index (κ2) is 8.60. The second-order valence-corrected chi connectivity index (χ2v) is 6.77. The van der Waals surface area contributed by atoms with E-state index in [1.807, 2.05) is 30.5 Å². The van der Waals surface area contributed by atoms with Crippen molar-refractivity contribution in [2.24, 2.45) is 0 Å². The molecule has 4 rings (SSSR count). The summed E-state index contributed by atoms with van der Waals surface area (Å²) in [7, 11) is 1.68. The Kier molecular flexibility index (Phi) is 5.56. The Labute approximate surface area is 170 Å². The van der Waals surface area contributed by atoms with Crippen molar-refractivity contribution in [2.45, 2.75) is 0 Å². The number of nitrogens with zero attached hydrogens (tertiary/aromatic N) is 4. The van der Waals surface area contributed by atoms with Gasteiger partial charge < -0.3 is 19.9 Å². The molecule has 0 saturated carbocycles. The number of hydrogen-bond donors (Lipinski definition) is 1. The number of piperazine rings is 1. The summed E-state index contributed by atoms with van der Waals surface area (Å²) in [6.45, 7) is 3.70. The lowest BCUT2D eigenvalue weighted by Crippen LogP contribution is -2.46. The van der Waals surface area contributed by atoms with Gasteiger partial charge in [-0.25, -0.2) is 4.98 Å². The molecule has 0 atom stereocenters. The minimum Gasteiger partial charge on any atom is -0.497 e. The maximum absolute atomic E-state index is 12.2. The predicted octanol–water partition coefficient (Wildman–Crippen LogP) is 3.06. The molecule has 1 N–H and O–H groups in total. The average Bonchev–Trinajstić information content (AvgIpc) is 2.80. The van der Waals surface area contributed by atoms with Crippen molar-refractivity contribution in [3.63, 3.8) is 0 Å². The van der Waals surface area contributed by atoms with E-state index in [2.05, 4.69) is 37.2 Å². The molecule has 1 fully saturated rings. The van der Waals surface area contributed by atoms with Crippen LogP contribution in [0.1, 0.15) is 10.4 Å². The molecule has 0 bridgehead atoms. The average molecular weight is 389 g/mol. The van der Waals surface area contributed by atoms with Gasteiger partial charge in [0.25, 0.3) is 5.91 Å². The van der Waals surface area contributed by atoms with Gasteiger partial charge in [-0.2, -0.15) is 0 Å². The van der Waals surface area contributed by atoms with Crippen molar-refractivity contribution >= 4 is 23.1 Å². The van der Waals surface area contributed by atoms with Crippen LogP contribution in [0.5, 0.6) is 5.75 Å². The van der Waals surface area contributed by atoms with Crippen LogP contribution in [-0.4, -0.2) is 49.2 Å². The van der Waals surface area contributed by atoms with Gasteiger partial charge in [0.05, 0.1) is 24.6 Å². The van der Waals surface area contributed by atoms with E-state index in [-0.39, 0.29) is 5.91 Å². The molecule has 7 nitrogen and oxygen atoms in total. The van der Waals surface area contributed by atoms with E-state index in [4.69, 9.17) is 4.74 Å². The summed E-state index contributed by atoms with van der Waals surface area (Å²) in [6, 6.07) is 15.4. The molecule has 1 aromatic carbocycles. The summed E-state index contributed by atoms with van der Waals surface area (Å²) in [6.07, 6.45) is 4.98. The number of hydrogen-bond acceptors (Lipinski definition) is 6. The van der Waals surface area contributed by atoms with Crippen molar-refractivity contribution in [1.29, 1.82) is 0 Å². The zero-order chi connectivity index (χ0) is 20.1. The number of ether oxygens (including phenoxy) is 1. The number of benzene rings is 1. The fourth-order valence-corrected chi connectivity index (χ4v) is 3.35. The number of methoxy groups -OCH3 is 1. The lowest BCUT2D eigenvalue weighted by molar-refractivity contribution is 0.102. The summed E-state index contributed by atoms with van der Waals surface area (Å²) in [5.41, 5.74) is 2.77. The first-order valence-electron chi connectivity index (χ1n) is 9.54. The van der Waals surface area contributed by atoms with E-state index >= 15 is 0 Å². The van der Waals surface area contributed by atoms with Crippen molar-refractivity contribution in [3.05, 3.63) is 72.7 Å². The predicted molar refractivity (Wildman–Crippen MR) is 114 cm³/mol. The Hall–Kier alpha value is -3.61. The van der Waals surface area contributed by atoms with Gasteiger partial charge in [-0.3, -0.25) is 9.78 Å². The lowest BCUT2D eigenvalue weighted by atomic mass is 10.2. The highest BCUT2D eigenvalue weighted by molar-refractivity contribution is 6.03. The van der Waals surface area contributed by atoms with E-state index < -0.39 is 0 Å². The first-order chi connectivity index (χ1) is 14.2.